The normalized spacial score (nSPS) is 14.5. The van der Waals surface area contributed by atoms with Crippen molar-refractivity contribution in [1.82, 2.24) is 24.9 Å². The molecule has 1 aromatic carbocycles. The van der Waals surface area contributed by atoms with Gasteiger partial charge in [-0.3, -0.25) is 10.1 Å². The number of benzene rings is 1. The molecule has 2 amide bonds. The van der Waals surface area contributed by atoms with Crippen molar-refractivity contribution < 1.29 is 19.2 Å². The summed E-state index contributed by atoms with van der Waals surface area (Å²) in [5, 5.41) is 4.92. The minimum Gasteiger partial charge on any atom is -0.479 e. The lowest BCUT2D eigenvalue weighted by atomic mass is 10.2. The summed E-state index contributed by atoms with van der Waals surface area (Å²) >= 11 is 7.14. The van der Waals surface area contributed by atoms with Crippen molar-refractivity contribution in [2.45, 2.75) is 0 Å². The lowest BCUT2D eigenvalue weighted by molar-refractivity contribution is -0.113. The predicted octanol–water partition coefficient (Wildman–Crippen LogP) is 2.67. The summed E-state index contributed by atoms with van der Waals surface area (Å²) in [6.45, 7) is 1.62. The number of thiazole rings is 1. The van der Waals surface area contributed by atoms with Gasteiger partial charge in [0.25, 0.3) is 5.91 Å². The summed E-state index contributed by atoms with van der Waals surface area (Å²) in [5.74, 6) is 0.226. The molecule has 12 heteroatoms. The van der Waals surface area contributed by atoms with Gasteiger partial charge in [-0.2, -0.15) is 4.98 Å². The van der Waals surface area contributed by atoms with Crippen LogP contribution in [-0.2, 0) is 4.84 Å². The number of carbonyl (C=O) groups excluding carboxylic acids is 2. The zero-order chi connectivity index (χ0) is 21.1. The number of hydrogen-bond donors (Lipinski definition) is 1. The third-order valence-electron chi connectivity index (χ3n) is 4.37. The van der Waals surface area contributed by atoms with E-state index in [1.54, 1.807) is 29.2 Å². The highest BCUT2D eigenvalue weighted by Gasteiger charge is 2.25. The number of carbonyl (C=O) groups is 2. The highest BCUT2D eigenvalue weighted by atomic mass is 35.5. The number of nitrogens with zero attached hydrogens (tertiary/aromatic N) is 5. The van der Waals surface area contributed by atoms with E-state index in [9.17, 15) is 9.59 Å². The van der Waals surface area contributed by atoms with Crippen molar-refractivity contribution in [2.24, 2.45) is 0 Å². The van der Waals surface area contributed by atoms with Crippen LogP contribution in [0.2, 0.25) is 5.02 Å². The first-order valence-corrected chi connectivity index (χ1v) is 10.2. The van der Waals surface area contributed by atoms with Crippen LogP contribution in [0.1, 0.15) is 10.4 Å². The highest BCUT2D eigenvalue weighted by Crippen LogP contribution is 2.28. The van der Waals surface area contributed by atoms with Crippen LogP contribution >= 0.6 is 22.9 Å². The molecule has 0 radical (unpaired) electrons. The summed E-state index contributed by atoms with van der Waals surface area (Å²) in [6.07, 6.45) is 0.696. The number of rotatable bonds is 4. The van der Waals surface area contributed by atoms with E-state index < -0.39 is 6.09 Å². The molecule has 0 unspecified atom stereocenters. The van der Waals surface area contributed by atoms with Crippen molar-refractivity contribution >= 4 is 50.4 Å². The van der Waals surface area contributed by atoms with Crippen LogP contribution in [0, 0.1) is 0 Å². The fourth-order valence-corrected chi connectivity index (χ4v) is 3.92. The second-order valence-electron chi connectivity index (χ2n) is 6.29. The highest BCUT2D eigenvalue weighted by molar-refractivity contribution is 7.22. The molecule has 1 aliphatic rings. The van der Waals surface area contributed by atoms with Crippen molar-refractivity contribution in [3.05, 3.63) is 41.2 Å². The molecule has 1 fully saturated rings. The van der Waals surface area contributed by atoms with Crippen molar-refractivity contribution in [2.75, 3.05) is 38.6 Å². The number of piperazine rings is 1. The van der Waals surface area contributed by atoms with Gasteiger partial charge < -0.3 is 14.5 Å². The van der Waals surface area contributed by atoms with Crippen LogP contribution in [0.15, 0.2) is 30.6 Å². The second-order valence-corrected chi connectivity index (χ2v) is 7.70. The Balaban J connectivity index is 1.31. The number of aromatic nitrogens is 3. The zero-order valence-corrected chi connectivity index (χ0v) is 17.4. The van der Waals surface area contributed by atoms with E-state index >= 15 is 0 Å². The third-order valence-corrected chi connectivity index (χ3v) is 5.49. The fourth-order valence-electron chi connectivity index (χ4n) is 2.95. The van der Waals surface area contributed by atoms with Gasteiger partial charge in [0.15, 0.2) is 15.5 Å². The number of anilines is 1. The fraction of sp³-hybridized carbons (Fsp3) is 0.278. The maximum absolute atomic E-state index is 12.6. The van der Waals surface area contributed by atoms with Gasteiger partial charge in [-0.25, -0.2) is 14.8 Å². The Hall–Kier alpha value is -3.02. The topological polar surface area (TPSA) is 110 Å². The van der Waals surface area contributed by atoms with Gasteiger partial charge in [-0.05, 0) is 18.2 Å². The van der Waals surface area contributed by atoms with Gasteiger partial charge in [0, 0.05) is 23.7 Å². The SMILES string of the molecule is COc1ncnc2sc(NC(=O)ON3CCN(C(=O)c4cccc(Cl)c4)CC3)nc12. The first-order chi connectivity index (χ1) is 14.5. The molecule has 0 bridgehead atoms. The minimum absolute atomic E-state index is 0.105. The summed E-state index contributed by atoms with van der Waals surface area (Å²) in [6, 6.07) is 6.82. The molecule has 0 saturated carbocycles. The molecule has 0 aliphatic carbocycles. The molecule has 2 aromatic heterocycles. The number of ether oxygens (including phenoxy) is 1. The van der Waals surface area contributed by atoms with Crippen LogP contribution in [0.25, 0.3) is 10.3 Å². The molecule has 0 spiro atoms. The average Bonchev–Trinajstić information content (AvgIpc) is 3.16. The van der Waals surface area contributed by atoms with Crippen LogP contribution in [0.4, 0.5) is 9.93 Å². The van der Waals surface area contributed by atoms with Crippen LogP contribution in [-0.4, -0.2) is 70.2 Å². The lowest BCUT2D eigenvalue weighted by Gasteiger charge is -2.33. The van der Waals surface area contributed by atoms with E-state index in [-0.39, 0.29) is 5.91 Å². The van der Waals surface area contributed by atoms with E-state index in [2.05, 4.69) is 20.3 Å². The van der Waals surface area contributed by atoms with Gasteiger partial charge in [0.1, 0.15) is 6.33 Å². The standard InChI is InChI=1S/C18H17ClN6O4S/c1-28-14-13-15(21-10-20-14)30-17(22-13)23-18(27)29-25-7-5-24(6-8-25)16(26)11-3-2-4-12(19)9-11/h2-4,9-10H,5-8H2,1H3,(H,22,23,27). The minimum atomic E-state index is -0.671. The Morgan fingerprint density at radius 3 is 2.73 bits per heavy atom. The van der Waals surface area contributed by atoms with Crippen molar-refractivity contribution in [3.63, 3.8) is 0 Å². The molecular weight excluding hydrogens is 432 g/mol. The molecule has 3 aromatic rings. The molecule has 0 atom stereocenters. The molecule has 1 aliphatic heterocycles. The zero-order valence-electron chi connectivity index (χ0n) is 15.9. The largest absolute Gasteiger partial charge is 0.479 e. The predicted molar refractivity (Wildman–Crippen MR) is 111 cm³/mol. The second kappa shape index (κ2) is 8.78. The van der Waals surface area contributed by atoms with Gasteiger partial charge in [0.2, 0.25) is 5.88 Å². The first-order valence-electron chi connectivity index (χ1n) is 8.98. The summed E-state index contributed by atoms with van der Waals surface area (Å²) in [5.41, 5.74) is 0.998. The Kier molecular flexibility index (Phi) is 5.93. The monoisotopic (exact) mass is 448 g/mol. The van der Waals surface area contributed by atoms with Crippen molar-refractivity contribution in [1.29, 1.82) is 0 Å². The number of halogens is 1. The molecule has 30 heavy (non-hydrogen) atoms. The van der Waals surface area contributed by atoms with Crippen LogP contribution in [0.3, 0.4) is 0 Å². The van der Waals surface area contributed by atoms with Gasteiger partial charge in [0.05, 0.1) is 20.2 Å². The molecule has 1 N–H and O–H groups in total. The van der Waals surface area contributed by atoms with Crippen LogP contribution < -0.4 is 10.1 Å². The smallest absolute Gasteiger partial charge is 0.432 e. The van der Waals surface area contributed by atoms with Crippen molar-refractivity contribution in [3.8, 4) is 5.88 Å². The van der Waals surface area contributed by atoms with E-state index in [1.807, 2.05) is 0 Å². The maximum atomic E-state index is 12.6. The molecule has 4 rings (SSSR count). The van der Waals surface area contributed by atoms with Gasteiger partial charge in [-0.15, -0.1) is 5.06 Å². The van der Waals surface area contributed by atoms with E-state index in [0.29, 0.717) is 58.1 Å². The number of hydrogen-bond acceptors (Lipinski definition) is 9. The number of methoxy groups -OCH3 is 1. The van der Waals surface area contributed by atoms with E-state index in [0.717, 1.165) is 0 Å². The van der Waals surface area contributed by atoms with E-state index in [1.165, 1.54) is 29.8 Å². The first kappa shape index (κ1) is 20.3. The quantitative estimate of drug-likeness (QED) is 0.648. The maximum Gasteiger partial charge on any atom is 0.432 e. The summed E-state index contributed by atoms with van der Waals surface area (Å²) in [7, 11) is 1.49. The van der Waals surface area contributed by atoms with Crippen LogP contribution in [0.5, 0.6) is 5.88 Å². The van der Waals surface area contributed by atoms with E-state index in [4.69, 9.17) is 21.2 Å². The summed E-state index contributed by atoms with van der Waals surface area (Å²) < 4.78 is 5.14. The Morgan fingerprint density at radius 2 is 2.00 bits per heavy atom. The molecule has 3 heterocycles. The Bertz CT molecular complexity index is 1090. The molecule has 156 valence electrons. The average molecular weight is 449 g/mol. The Labute approximate surface area is 180 Å². The number of fused-ring (bicyclic) bond motifs is 1. The van der Waals surface area contributed by atoms with Gasteiger partial charge >= 0.3 is 6.09 Å². The summed E-state index contributed by atoms with van der Waals surface area (Å²) in [4.78, 5) is 44.7. The van der Waals surface area contributed by atoms with Gasteiger partial charge in [-0.1, -0.05) is 29.0 Å². The lowest BCUT2D eigenvalue weighted by Crippen LogP contribution is -2.49. The molecular formula is C18H17ClN6O4S. The Morgan fingerprint density at radius 1 is 1.20 bits per heavy atom. The molecule has 1 saturated heterocycles. The number of hydroxylamine groups is 2. The number of amides is 2. The number of nitrogens with one attached hydrogen (secondary N) is 1. The molecule has 10 nitrogen and oxygen atoms in total. The third kappa shape index (κ3) is 4.42.